The van der Waals surface area contributed by atoms with Gasteiger partial charge in [-0.2, -0.15) is 0 Å². The molecule has 13 heteroatoms. The van der Waals surface area contributed by atoms with Crippen LogP contribution in [0.25, 0.3) is 0 Å². The van der Waals surface area contributed by atoms with Gasteiger partial charge in [-0.05, 0) is 70.6 Å². The first kappa shape index (κ1) is 55.1. The van der Waals surface area contributed by atoms with Gasteiger partial charge in [0.2, 0.25) is 0 Å². The predicted molar refractivity (Wildman–Crippen MR) is 235 cm³/mol. The zero-order valence-corrected chi connectivity index (χ0v) is 37.2. The van der Waals surface area contributed by atoms with E-state index in [1.165, 1.54) is 38.5 Å². The van der Waals surface area contributed by atoms with Crippen molar-refractivity contribution in [1.82, 2.24) is 0 Å². The van der Waals surface area contributed by atoms with Gasteiger partial charge in [0.1, 0.15) is 42.7 Å². The summed E-state index contributed by atoms with van der Waals surface area (Å²) in [7, 11) is -5.02. The summed E-state index contributed by atoms with van der Waals surface area (Å²) in [6.07, 6.45) is 32.9. The van der Waals surface area contributed by atoms with E-state index < -0.39 is 63.1 Å². The Bertz CT molecular complexity index is 1200. The number of allylic oxidation sites excluding steroid dienone is 10. The number of rotatable bonds is 37. The highest BCUT2D eigenvalue weighted by atomic mass is 31.2. The van der Waals surface area contributed by atoms with Crippen LogP contribution in [0.5, 0.6) is 0 Å². The molecule has 0 bridgehead atoms. The van der Waals surface area contributed by atoms with Gasteiger partial charge in [0.15, 0.2) is 0 Å². The van der Waals surface area contributed by atoms with Crippen molar-refractivity contribution in [3.8, 4) is 0 Å². The quantitative estimate of drug-likeness (QED) is 0.0151. The summed E-state index contributed by atoms with van der Waals surface area (Å²) in [6.45, 7) is 4.06. The Morgan fingerprint density at radius 1 is 0.559 bits per heavy atom. The fourth-order valence-corrected chi connectivity index (χ4v) is 7.48. The number of phosphoric ester groups is 1. The van der Waals surface area contributed by atoms with Gasteiger partial charge in [-0.1, -0.05) is 145 Å². The maximum atomic E-state index is 12.8. The van der Waals surface area contributed by atoms with E-state index in [-0.39, 0.29) is 13.0 Å². The summed E-state index contributed by atoms with van der Waals surface area (Å²) in [5.41, 5.74) is 0. The summed E-state index contributed by atoms with van der Waals surface area (Å²) < 4.78 is 34.1. The van der Waals surface area contributed by atoms with Crippen molar-refractivity contribution in [2.24, 2.45) is 0 Å². The molecular weight excluding hydrogens is 775 g/mol. The number of aliphatic hydroxyl groups excluding tert-OH is 5. The molecule has 6 unspecified atom stereocenters. The van der Waals surface area contributed by atoms with Crippen LogP contribution in [0.2, 0.25) is 0 Å². The lowest BCUT2D eigenvalue weighted by molar-refractivity contribution is -0.220. The highest BCUT2D eigenvalue weighted by Crippen LogP contribution is 2.47. The molecule has 1 fully saturated rings. The number of hydrogen-bond donors (Lipinski definition) is 6. The molecule has 0 aromatic carbocycles. The Balaban J connectivity index is 2.41. The minimum Gasteiger partial charge on any atom is -0.457 e. The van der Waals surface area contributed by atoms with Crippen molar-refractivity contribution in [3.05, 3.63) is 60.8 Å². The maximum Gasteiger partial charge on any atom is 0.472 e. The molecule has 12 nitrogen and oxygen atoms in total. The molecule has 6 N–H and O–H groups in total. The highest BCUT2D eigenvalue weighted by Gasteiger charge is 2.51. The van der Waals surface area contributed by atoms with Crippen molar-refractivity contribution < 1.29 is 58.3 Å². The zero-order valence-electron chi connectivity index (χ0n) is 36.3. The second-order valence-electron chi connectivity index (χ2n) is 15.5. The first-order valence-electron chi connectivity index (χ1n) is 22.6. The maximum absolute atomic E-state index is 12.8. The predicted octanol–water partition coefficient (Wildman–Crippen LogP) is 9.03. The lowest BCUT2D eigenvalue weighted by atomic mass is 9.85. The lowest BCUT2D eigenvalue weighted by Gasteiger charge is -2.41. The number of aliphatic hydroxyl groups is 5. The standard InChI is InChI=1S/C46H81O12P/c1-3-5-7-9-11-13-15-17-19-20-21-22-24-26-28-30-32-34-36-55-37-39(38-56-59(53,54)58-46-44(51)42(49)41(48)43(50)45(46)52)57-40(47)35-33-31-29-27-25-23-18-16-14-12-10-8-6-4-2/h5,7,10-13,16-19,39,41-46,48-52H,3-4,6,8-9,14-15,20-38H2,1-2H3,(H,53,54)/b7-5-,12-10-,13-11-,18-16-,19-17-. The molecule has 0 aromatic heterocycles. The highest BCUT2D eigenvalue weighted by molar-refractivity contribution is 7.47. The Morgan fingerprint density at radius 3 is 1.53 bits per heavy atom. The molecule has 342 valence electrons. The van der Waals surface area contributed by atoms with Crippen LogP contribution in [0, 0.1) is 0 Å². The fraction of sp³-hybridized carbons (Fsp3) is 0.761. The van der Waals surface area contributed by atoms with Crippen molar-refractivity contribution in [3.63, 3.8) is 0 Å². The van der Waals surface area contributed by atoms with E-state index >= 15 is 0 Å². The summed E-state index contributed by atoms with van der Waals surface area (Å²) in [6, 6.07) is 0. The number of carbonyl (C=O) groups excluding carboxylic acids is 1. The summed E-state index contributed by atoms with van der Waals surface area (Å²) >= 11 is 0. The van der Waals surface area contributed by atoms with Gasteiger partial charge >= 0.3 is 13.8 Å². The third-order valence-electron chi connectivity index (χ3n) is 10.1. The zero-order chi connectivity index (χ0) is 43.4. The number of phosphoric acid groups is 1. The SMILES string of the molecule is CC/C=C\C/C=C\C/C=C\CCCCCCCCCCOCC(COP(=O)(O)OC1C(O)C(O)C(O)C(O)C1O)OC(=O)CCCCCCC/C=C\C/C=C\CCCC. The third-order valence-corrected chi connectivity index (χ3v) is 11.1. The number of carbonyl (C=O) groups is 1. The third kappa shape index (κ3) is 29.1. The molecule has 0 radical (unpaired) electrons. The molecule has 59 heavy (non-hydrogen) atoms. The van der Waals surface area contributed by atoms with Gasteiger partial charge in [0, 0.05) is 13.0 Å². The molecule has 0 amide bonds. The van der Waals surface area contributed by atoms with E-state index in [0.29, 0.717) is 13.0 Å². The van der Waals surface area contributed by atoms with E-state index in [0.717, 1.165) is 96.3 Å². The molecule has 0 saturated heterocycles. The van der Waals surface area contributed by atoms with E-state index in [1.54, 1.807) is 0 Å². The normalized spacial score (nSPS) is 23.1. The molecule has 0 aromatic rings. The monoisotopic (exact) mass is 857 g/mol. The molecule has 6 atom stereocenters. The molecule has 1 aliphatic carbocycles. The van der Waals surface area contributed by atoms with Crippen LogP contribution in [-0.2, 0) is 27.9 Å². The molecule has 1 saturated carbocycles. The second-order valence-corrected chi connectivity index (χ2v) is 16.9. The molecular formula is C46H81O12P. The van der Waals surface area contributed by atoms with Crippen LogP contribution in [-0.4, -0.2) is 98.9 Å². The first-order chi connectivity index (χ1) is 28.5. The van der Waals surface area contributed by atoms with Crippen LogP contribution < -0.4 is 0 Å². The molecule has 1 aliphatic rings. The van der Waals surface area contributed by atoms with Gasteiger partial charge in [0.05, 0.1) is 13.2 Å². The Hall–Kier alpha value is -1.96. The van der Waals surface area contributed by atoms with E-state index in [1.807, 2.05) is 0 Å². The minimum atomic E-state index is -5.02. The van der Waals surface area contributed by atoms with Gasteiger partial charge < -0.3 is 39.9 Å². The summed E-state index contributed by atoms with van der Waals surface area (Å²) in [4.78, 5) is 23.1. The van der Waals surface area contributed by atoms with Gasteiger partial charge in [-0.3, -0.25) is 13.8 Å². The second kappa shape index (κ2) is 36.7. The topological polar surface area (TPSA) is 192 Å². The minimum absolute atomic E-state index is 0.0902. The molecule has 1 rings (SSSR count). The van der Waals surface area contributed by atoms with E-state index in [9.17, 15) is 39.8 Å². The molecule has 0 heterocycles. The molecule has 0 spiro atoms. The van der Waals surface area contributed by atoms with Gasteiger partial charge in [0.25, 0.3) is 0 Å². The summed E-state index contributed by atoms with van der Waals surface area (Å²) in [5.74, 6) is -0.497. The van der Waals surface area contributed by atoms with Gasteiger partial charge in [-0.25, -0.2) is 4.57 Å². The lowest BCUT2D eigenvalue weighted by Crippen LogP contribution is -2.64. The van der Waals surface area contributed by atoms with Crippen LogP contribution in [0.15, 0.2) is 60.8 Å². The van der Waals surface area contributed by atoms with Crippen LogP contribution in [0.1, 0.15) is 162 Å². The average molecular weight is 857 g/mol. The largest absolute Gasteiger partial charge is 0.472 e. The first-order valence-corrected chi connectivity index (χ1v) is 24.1. The van der Waals surface area contributed by atoms with Gasteiger partial charge in [-0.15, -0.1) is 0 Å². The average Bonchev–Trinajstić information content (AvgIpc) is 3.22. The van der Waals surface area contributed by atoms with Crippen LogP contribution in [0.3, 0.4) is 0 Å². The van der Waals surface area contributed by atoms with Crippen molar-refractivity contribution in [2.75, 3.05) is 19.8 Å². The Morgan fingerprint density at radius 2 is 1.00 bits per heavy atom. The number of esters is 1. The smallest absolute Gasteiger partial charge is 0.457 e. The number of hydrogen-bond acceptors (Lipinski definition) is 11. The van der Waals surface area contributed by atoms with Crippen LogP contribution >= 0.6 is 7.82 Å². The van der Waals surface area contributed by atoms with Crippen molar-refractivity contribution in [2.45, 2.75) is 204 Å². The van der Waals surface area contributed by atoms with Crippen molar-refractivity contribution >= 4 is 13.8 Å². The van der Waals surface area contributed by atoms with Crippen molar-refractivity contribution in [1.29, 1.82) is 0 Å². The number of ether oxygens (including phenoxy) is 2. The Labute approximate surface area is 356 Å². The number of unbranched alkanes of at least 4 members (excludes halogenated alkanes) is 15. The van der Waals surface area contributed by atoms with E-state index in [4.69, 9.17) is 18.5 Å². The fourth-order valence-electron chi connectivity index (χ4n) is 6.50. The van der Waals surface area contributed by atoms with Crippen LogP contribution in [0.4, 0.5) is 0 Å². The molecule has 0 aliphatic heterocycles. The Kier molecular flexibility index (Phi) is 34.2. The van der Waals surface area contributed by atoms with E-state index in [2.05, 4.69) is 74.6 Å². The summed E-state index contributed by atoms with van der Waals surface area (Å²) in [5, 5.41) is 50.1.